The topological polar surface area (TPSA) is 69.6 Å². The van der Waals surface area contributed by atoms with Crippen LogP contribution in [-0.2, 0) is 6.42 Å². The van der Waals surface area contributed by atoms with Gasteiger partial charge in [0.25, 0.3) is 0 Å². The minimum absolute atomic E-state index is 0.0703. The number of carboxylic acid groups (broad SMARTS) is 1. The van der Waals surface area contributed by atoms with Crippen molar-refractivity contribution in [1.29, 1.82) is 0 Å². The first-order chi connectivity index (χ1) is 9.50. The van der Waals surface area contributed by atoms with Gasteiger partial charge in [0.15, 0.2) is 0 Å². The number of carboxylic acids is 1. The van der Waals surface area contributed by atoms with Crippen LogP contribution in [0.25, 0.3) is 0 Å². The quantitative estimate of drug-likeness (QED) is 0.870. The van der Waals surface area contributed by atoms with Gasteiger partial charge in [0, 0.05) is 17.8 Å². The van der Waals surface area contributed by atoms with E-state index in [4.69, 9.17) is 0 Å². The molecule has 0 radical (unpaired) electrons. The highest BCUT2D eigenvalue weighted by atomic mass is 16.4. The molecule has 1 heterocycles. The van der Waals surface area contributed by atoms with E-state index in [2.05, 4.69) is 5.32 Å². The molecular formula is C15H18N2O3. The number of fused-ring (bicyclic) bond motifs is 1. The van der Waals surface area contributed by atoms with Crippen molar-refractivity contribution >= 4 is 17.7 Å². The molecule has 2 N–H and O–H groups in total. The van der Waals surface area contributed by atoms with Crippen LogP contribution in [0, 0.1) is 0 Å². The fourth-order valence-corrected chi connectivity index (χ4v) is 2.67. The summed E-state index contributed by atoms with van der Waals surface area (Å²) in [5, 5.41) is 12.3. The molecule has 5 heteroatoms. The van der Waals surface area contributed by atoms with E-state index in [0.717, 1.165) is 30.5 Å². The molecule has 5 nitrogen and oxygen atoms in total. The maximum atomic E-state index is 12.4. The summed E-state index contributed by atoms with van der Waals surface area (Å²) < 4.78 is 0. The SMILES string of the molecule is CC1(NC(=O)N2CCCc3c(C(=O)O)cccc32)CC1. The number of aromatic carboxylic acids is 1. The van der Waals surface area contributed by atoms with Gasteiger partial charge < -0.3 is 10.4 Å². The van der Waals surface area contributed by atoms with Crippen LogP contribution < -0.4 is 10.2 Å². The lowest BCUT2D eigenvalue weighted by atomic mass is 9.96. The fraction of sp³-hybridized carbons (Fsp3) is 0.467. The van der Waals surface area contributed by atoms with Crippen molar-refractivity contribution in [3.8, 4) is 0 Å². The molecule has 0 atom stereocenters. The molecular weight excluding hydrogens is 256 g/mol. The molecule has 0 bridgehead atoms. The van der Waals surface area contributed by atoms with E-state index < -0.39 is 5.97 Å². The van der Waals surface area contributed by atoms with Gasteiger partial charge >= 0.3 is 12.0 Å². The normalized spacial score (nSPS) is 19.1. The molecule has 1 saturated carbocycles. The van der Waals surface area contributed by atoms with Crippen molar-refractivity contribution in [3.05, 3.63) is 29.3 Å². The van der Waals surface area contributed by atoms with E-state index in [1.807, 2.05) is 13.0 Å². The fourth-order valence-electron chi connectivity index (χ4n) is 2.67. The maximum absolute atomic E-state index is 12.4. The van der Waals surface area contributed by atoms with E-state index in [1.165, 1.54) is 0 Å². The van der Waals surface area contributed by atoms with Crippen LogP contribution in [0.5, 0.6) is 0 Å². The molecule has 2 amide bonds. The molecule has 0 spiro atoms. The molecule has 0 aromatic heterocycles. The Hall–Kier alpha value is -2.04. The lowest BCUT2D eigenvalue weighted by molar-refractivity contribution is 0.0695. The minimum atomic E-state index is -0.932. The zero-order chi connectivity index (χ0) is 14.3. The number of hydrogen-bond donors (Lipinski definition) is 2. The third-order valence-corrected chi connectivity index (χ3v) is 4.13. The van der Waals surface area contributed by atoms with Crippen LogP contribution in [0.3, 0.4) is 0 Å². The van der Waals surface area contributed by atoms with E-state index >= 15 is 0 Å². The Labute approximate surface area is 117 Å². The number of rotatable bonds is 2. The molecule has 106 valence electrons. The average molecular weight is 274 g/mol. The molecule has 2 aliphatic rings. The van der Waals surface area contributed by atoms with Gasteiger partial charge in [-0.1, -0.05) is 6.07 Å². The van der Waals surface area contributed by atoms with Gasteiger partial charge in [0.1, 0.15) is 0 Å². The van der Waals surface area contributed by atoms with Crippen molar-refractivity contribution in [3.63, 3.8) is 0 Å². The molecule has 1 aliphatic heterocycles. The van der Waals surface area contributed by atoms with Gasteiger partial charge in [0.05, 0.1) is 5.56 Å². The Kier molecular flexibility index (Phi) is 2.92. The van der Waals surface area contributed by atoms with Crippen molar-refractivity contribution < 1.29 is 14.7 Å². The highest BCUT2D eigenvalue weighted by molar-refractivity contribution is 5.98. The summed E-state index contributed by atoms with van der Waals surface area (Å²) >= 11 is 0. The predicted octanol–water partition coefficient (Wildman–Crippen LogP) is 2.40. The number of amides is 2. The minimum Gasteiger partial charge on any atom is -0.478 e. The number of benzene rings is 1. The van der Waals surface area contributed by atoms with Crippen LogP contribution in [0.1, 0.15) is 42.1 Å². The number of anilines is 1. The number of hydrogen-bond acceptors (Lipinski definition) is 2. The van der Waals surface area contributed by atoms with Crippen molar-refractivity contribution in [1.82, 2.24) is 5.32 Å². The summed E-state index contributed by atoms with van der Waals surface area (Å²) in [6, 6.07) is 5.02. The van der Waals surface area contributed by atoms with Crippen LogP contribution in [-0.4, -0.2) is 29.2 Å². The standard InChI is InChI=1S/C15H18N2O3/c1-15(7-8-15)16-14(20)17-9-3-5-10-11(13(18)19)4-2-6-12(10)17/h2,4,6H,3,5,7-9H2,1H3,(H,16,20)(H,18,19). The third kappa shape index (κ3) is 2.24. The Morgan fingerprint density at radius 1 is 1.35 bits per heavy atom. The zero-order valence-corrected chi connectivity index (χ0v) is 11.5. The number of nitrogens with zero attached hydrogens (tertiary/aromatic N) is 1. The monoisotopic (exact) mass is 274 g/mol. The Morgan fingerprint density at radius 2 is 2.10 bits per heavy atom. The summed E-state index contributed by atoms with van der Waals surface area (Å²) in [5.74, 6) is -0.932. The summed E-state index contributed by atoms with van der Waals surface area (Å²) in [6.07, 6.45) is 3.52. The van der Waals surface area contributed by atoms with Gasteiger partial charge in [-0.05, 0) is 50.3 Å². The third-order valence-electron chi connectivity index (χ3n) is 4.13. The second-order valence-electron chi connectivity index (χ2n) is 5.85. The summed E-state index contributed by atoms with van der Waals surface area (Å²) in [6.45, 7) is 2.67. The lowest BCUT2D eigenvalue weighted by Crippen LogP contribution is -2.47. The molecule has 0 saturated heterocycles. The number of carbonyl (C=O) groups is 2. The molecule has 0 unspecified atom stereocenters. The predicted molar refractivity (Wildman–Crippen MR) is 75.2 cm³/mol. The zero-order valence-electron chi connectivity index (χ0n) is 11.5. The Bertz CT molecular complexity index is 578. The van der Waals surface area contributed by atoms with E-state index in [0.29, 0.717) is 18.5 Å². The van der Waals surface area contributed by atoms with Crippen molar-refractivity contribution in [2.45, 2.75) is 38.1 Å². The van der Waals surface area contributed by atoms with Crippen molar-refractivity contribution in [2.75, 3.05) is 11.4 Å². The highest BCUT2D eigenvalue weighted by Crippen LogP contribution is 2.36. The largest absolute Gasteiger partial charge is 0.478 e. The first-order valence-corrected chi connectivity index (χ1v) is 6.95. The number of urea groups is 1. The number of nitrogens with one attached hydrogen (secondary N) is 1. The van der Waals surface area contributed by atoms with E-state index in [9.17, 15) is 14.7 Å². The van der Waals surface area contributed by atoms with Gasteiger partial charge in [-0.2, -0.15) is 0 Å². The Morgan fingerprint density at radius 3 is 2.75 bits per heavy atom. The molecule has 20 heavy (non-hydrogen) atoms. The smallest absolute Gasteiger partial charge is 0.336 e. The second-order valence-corrected chi connectivity index (χ2v) is 5.85. The van der Waals surface area contributed by atoms with Crippen LogP contribution in [0.15, 0.2) is 18.2 Å². The lowest BCUT2D eigenvalue weighted by Gasteiger charge is -2.31. The maximum Gasteiger partial charge on any atom is 0.336 e. The molecule has 1 aromatic carbocycles. The first kappa shape index (κ1) is 13.0. The van der Waals surface area contributed by atoms with E-state index in [-0.39, 0.29) is 11.6 Å². The summed E-state index contributed by atoms with van der Waals surface area (Å²) in [7, 11) is 0. The number of carbonyl (C=O) groups excluding carboxylic acids is 1. The second kappa shape index (κ2) is 4.51. The first-order valence-electron chi connectivity index (χ1n) is 6.95. The molecule has 1 aromatic rings. The van der Waals surface area contributed by atoms with Gasteiger partial charge in [-0.25, -0.2) is 9.59 Å². The van der Waals surface area contributed by atoms with Gasteiger partial charge in [0.2, 0.25) is 0 Å². The molecule has 3 rings (SSSR count). The van der Waals surface area contributed by atoms with Crippen molar-refractivity contribution in [2.24, 2.45) is 0 Å². The average Bonchev–Trinajstić information content (AvgIpc) is 3.14. The van der Waals surface area contributed by atoms with Crippen LogP contribution in [0.2, 0.25) is 0 Å². The Balaban J connectivity index is 1.91. The summed E-state index contributed by atoms with van der Waals surface area (Å²) in [4.78, 5) is 25.3. The van der Waals surface area contributed by atoms with Gasteiger partial charge in [-0.15, -0.1) is 0 Å². The van der Waals surface area contributed by atoms with E-state index in [1.54, 1.807) is 17.0 Å². The molecule has 1 aliphatic carbocycles. The van der Waals surface area contributed by atoms with Crippen LogP contribution in [0.4, 0.5) is 10.5 Å². The highest BCUT2D eigenvalue weighted by Gasteiger charge is 2.40. The molecule has 1 fully saturated rings. The van der Waals surface area contributed by atoms with Crippen LogP contribution >= 0.6 is 0 Å². The van der Waals surface area contributed by atoms with Gasteiger partial charge in [-0.3, -0.25) is 4.90 Å². The summed E-state index contributed by atoms with van der Waals surface area (Å²) in [5.41, 5.74) is 1.73.